The number of benzene rings is 1. The maximum atomic E-state index is 11.2. The Morgan fingerprint density at radius 3 is 1.91 bits per heavy atom. The van der Waals surface area contributed by atoms with E-state index in [0.29, 0.717) is 0 Å². The van der Waals surface area contributed by atoms with Crippen molar-refractivity contribution in [2.75, 3.05) is 0 Å². The number of hydrogen-bond donors (Lipinski definition) is 3. The Morgan fingerprint density at radius 2 is 1.24 bits per heavy atom. The fraction of sp³-hybridized carbons (Fsp3) is 0. The van der Waals surface area contributed by atoms with E-state index in [2.05, 4.69) is 21.0 Å². The number of nitrogens with one attached hydrogen (secondary N) is 2. The van der Waals surface area contributed by atoms with E-state index >= 15 is 0 Å². The minimum Gasteiger partial charge on any atom is -0.478 e. The maximum Gasteiger partial charge on any atom is 0.335 e. The van der Waals surface area contributed by atoms with E-state index < -0.39 is 5.97 Å². The maximum absolute atomic E-state index is 11.2. The van der Waals surface area contributed by atoms with Crippen molar-refractivity contribution in [3.63, 3.8) is 0 Å². The summed E-state index contributed by atoms with van der Waals surface area (Å²) in [6, 6.07) is 21.0. The third kappa shape index (κ3) is 3.74. The Balaban J connectivity index is 1.62. The van der Waals surface area contributed by atoms with Crippen molar-refractivity contribution in [2.45, 2.75) is 0 Å². The van der Waals surface area contributed by atoms with Gasteiger partial charge in [0, 0.05) is 27.6 Å². The summed E-state index contributed by atoms with van der Waals surface area (Å²) in [6.45, 7) is 0. The van der Waals surface area contributed by atoms with Gasteiger partial charge in [-0.25, -0.2) is 14.8 Å². The molecule has 4 aromatic rings. The van der Waals surface area contributed by atoms with E-state index in [1.165, 1.54) is 0 Å². The van der Waals surface area contributed by atoms with Crippen LogP contribution in [0.2, 0.25) is 0 Å². The van der Waals surface area contributed by atoms with E-state index in [4.69, 9.17) is 4.98 Å². The largest absolute Gasteiger partial charge is 0.478 e. The summed E-state index contributed by atoms with van der Waals surface area (Å²) in [7, 11) is 0. The fourth-order valence-corrected chi connectivity index (χ4v) is 4.05. The summed E-state index contributed by atoms with van der Waals surface area (Å²) in [5.41, 5.74) is 9.30. The highest BCUT2D eigenvalue weighted by Gasteiger charge is 2.08. The number of aromatic nitrogens is 4. The van der Waals surface area contributed by atoms with Crippen LogP contribution in [-0.4, -0.2) is 31.0 Å². The summed E-state index contributed by atoms with van der Waals surface area (Å²) >= 11 is 0. The van der Waals surface area contributed by atoms with E-state index in [0.717, 1.165) is 56.0 Å². The summed E-state index contributed by atoms with van der Waals surface area (Å²) in [5.74, 6) is -0.941. The molecule has 1 aromatic carbocycles. The molecule has 0 saturated carbocycles. The number of rotatable bonds is 2. The topological polar surface area (TPSA) is 94.7 Å². The number of carboxylic acid groups (broad SMARTS) is 1. The quantitative estimate of drug-likeness (QED) is 0.313. The smallest absolute Gasteiger partial charge is 0.335 e. The molecule has 5 heterocycles. The van der Waals surface area contributed by atoms with Crippen LogP contribution in [0.25, 0.3) is 57.5 Å². The highest BCUT2D eigenvalue weighted by molar-refractivity contribution is 5.91. The third-order valence-electron chi connectivity index (χ3n) is 5.61. The predicted octanol–water partition coefficient (Wildman–Crippen LogP) is 6.02. The van der Waals surface area contributed by atoms with Crippen molar-refractivity contribution in [3.05, 3.63) is 95.1 Å². The van der Waals surface area contributed by atoms with Crippen LogP contribution < -0.4 is 0 Å². The van der Waals surface area contributed by atoms with Crippen LogP contribution in [-0.2, 0) is 0 Å². The highest BCUT2D eigenvalue weighted by Crippen LogP contribution is 2.28. The van der Waals surface area contributed by atoms with Gasteiger partial charge in [0.1, 0.15) is 0 Å². The van der Waals surface area contributed by atoms with Gasteiger partial charge in [-0.2, -0.15) is 0 Å². The van der Waals surface area contributed by atoms with Crippen LogP contribution in [0.3, 0.4) is 0 Å². The highest BCUT2D eigenvalue weighted by atomic mass is 16.4. The van der Waals surface area contributed by atoms with Crippen LogP contribution in [0.5, 0.6) is 0 Å². The Kier molecular flexibility index (Phi) is 4.30. The number of carboxylic acids is 1. The Hall–Kier alpha value is -4.71. The van der Waals surface area contributed by atoms with Crippen LogP contribution >= 0.6 is 0 Å². The minimum absolute atomic E-state index is 0.259. The molecular formula is C27H18N4O2. The first kappa shape index (κ1) is 19.0. The van der Waals surface area contributed by atoms with Crippen molar-refractivity contribution in [2.24, 2.45) is 0 Å². The molecule has 0 spiro atoms. The molecule has 6 nitrogen and oxygen atoms in total. The molecule has 0 atom stereocenters. The zero-order valence-electron chi connectivity index (χ0n) is 17.4. The van der Waals surface area contributed by atoms with Crippen LogP contribution in [0.15, 0.2) is 66.7 Å². The van der Waals surface area contributed by atoms with Gasteiger partial charge in [-0.05, 0) is 84.5 Å². The average molecular weight is 430 g/mol. The number of hydrogen-bond acceptors (Lipinski definition) is 3. The SMILES string of the molecule is O=C(O)c1ccc(-c2cc3cc4ccc(cc5nc(cc6nc(cc2[nH]3)C=C6)C=C5)[nH]4)cc1. The van der Waals surface area contributed by atoms with Gasteiger partial charge < -0.3 is 15.1 Å². The second-order valence-electron chi connectivity index (χ2n) is 7.97. The van der Waals surface area contributed by atoms with Gasteiger partial charge >= 0.3 is 5.97 Å². The molecular weight excluding hydrogens is 412 g/mol. The van der Waals surface area contributed by atoms with Crippen molar-refractivity contribution in [3.8, 4) is 11.1 Å². The summed E-state index contributed by atoms with van der Waals surface area (Å²) in [4.78, 5) is 27.5. The van der Waals surface area contributed by atoms with Crippen LogP contribution in [0.1, 0.15) is 33.1 Å². The zero-order valence-corrected chi connectivity index (χ0v) is 17.4. The van der Waals surface area contributed by atoms with Crippen LogP contribution in [0.4, 0.5) is 0 Å². The second kappa shape index (κ2) is 7.46. The number of carbonyl (C=O) groups is 1. The molecule has 0 unspecified atom stereocenters. The lowest BCUT2D eigenvalue weighted by atomic mass is 10.0. The molecule has 2 aliphatic heterocycles. The van der Waals surface area contributed by atoms with Crippen molar-refractivity contribution >= 4 is 52.3 Å². The molecule has 2 aliphatic rings. The zero-order chi connectivity index (χ0) is 22.4. The van der Waals surface area contributed by atoms with E-state index in [1.807, 2.05) is 72.8 Å². The third-order valence-corrected chi connectivity index (χ3v) is 5.61. The Morgan fingerprint density at radius 1 is 0.636 bits per heavy atom. The first-order valence-electron chi connectivity index (χ1n) is 10.5. The number of H-pyrrole nitrogens is 2. The molecule has 8 bridgehead atoms. The molecule has 33 heavy (non-hydrogen) atoms. The van der Waals surface area contributed by atoms with Crippen LogP contribution in [0, 0.1) is 0 Å². The van der Waals surface area contributed by atoms with E-state index in [9.17, 15) is 9.90 Å². The molecule has 0 fully saturated rings. The molecule has 0 radical (unpaired) electrons. The van der Waals surface area contributed by atoms with Gasteiger partial charge in [-0.3, -0.25) is 0 Å². The number of aromatic carboxylic acids is 1. The lowest BCUT2D eigenvalue weighted by Crippen LogP contribution is -1.94. The standard InChI is InChI=1S/C27H18N4O2/c32-27(33)17-3-1-16(2-4-17)25-14-24-13-22-8-7-20(29-22)11-18-5-6-19(28-18)12-21-9-10-23(30-21)15-26(25)31-24/h1-15,29,31H,(H,32,33). The molecule has 3 N–H and O–H groups in total. The monoisotopic (exact) mass is 430 g/mol. The van der Waals surface area contributed by atoms with Gasteiger partial charge in [-0.15, -0.1) is 0 Å². The molecule has 6 rings (SSSR count). The van der Waals surface area contributed by atoms with Gasteiger partial charge in [0.15, 0.2) is 0 Å². The second-order valence-corrected chi connectivity index (χ2v) is 7.97. The van der Waals surface area contributed by atoms with Gasteiger partial charge in [-0.1, -0.05) is 12.1 Å². The summed E-state index contributed by atoms with van der Waals surface area (Å²) in [5, 5.41) is 9.23. The molecule has 6 heteroatoms. The van der Waals surface area contributed by atoms with E-state index in [1.54, 1.807) is 12.1 Å². The molecule has 0 amide bonds. The minimum atomic E-state index is -0.941. The Bertz CT molecular complexity index is 1640. The Labute approximate surface area is 188 Å². The van der Waals surface area contributed by atoms with Gasteiger partial charge in [0.05, 0.1) is 28.3 Å². The number of aromatic amines is 2. The summed E-state index contributed by atoms with van der Waals surface area (Å²) in [6.07, 6.45) is 7.91. The normalized spacial score (nSPS) is 12.2. The van der Waals surface area contributed by atoms with Crippen molar-refractivity contribution < 1.29 is 9.90 Å². The first-order valence-corrected chi connectivity index (χ1v) is 10.5. The van der Waals surface area contributed by atoms with E-state index in [-0.39, 0.29) is 5.56 Å². The molecule has 158 valence electrons. The fourth-order valence-electron chi connectivity index (χ4n) is 4.05. The van der Waals surface area contributed by atoms with Crippen molar-refractivity contribution in [1.82, 2.24) is 19.9 Å². The number of fused-ring (bicyclic) bond motifs is 8. The lowest BCUT2D eigenvalue weighted by Gasteiger charge is -2.00. The van der Waals surface area contributed by atoms with Crippen molar-refractivity contribution in [1.29, 1.82) is 0 Å². The predicted molar refractivity (Wildman–Crippen MR) is 131 cm³/mol. The number of nitrogens with zero attached hydrogens (tertiary/aromatic N) is 2. The van der Waals surface area contributed by atoms with Gasteiger partial charge in [0.25, 0.3) is 0 Å². The molecule has 0 saturated heterocycles. The summed E-state index contributed by atoms with van der Waals surface area (Å²) < 4.78 is 0. The molecule has 3 aromatic heterocycles. The molecule has 0 aliphatic carbocycles. The average Bonchev–Trinajstić information content (AvgIpc) is 3.59. The van der Waals surface area contributed by atoms with Gasteiger partial charge in [0.2, 0.25) is 0 Å². The first-order chi connectivity index (χ1) is 16.1. The lowest BCUT2D eigenvalue weighted by molar-refractivity contribution is 0.0697.